The number of aromatic hydroxyl groups is 2. The Kier molecular flexibility index (Phi) is 33.6. The van der Waals surface area contributed by atoms with Gasteiger partial charge in [0, 0.05) is 12.8 Å². The maximum Gasteiger partial charge on any atom is 0.147 e. The van der Waals surface area contributed by atoms with E-state index >= 15 is 9.59 Å². The van der Waals surface area contributed by atoms with Crippen molar-refractivity contribution in [3.63, 3.8) is 0 Å². The number of rotatable bonds is 44. The molecular formula is C61H104O4. The van der Waals surface area contributed by atoms with Crippen LogP contribution in [0.5, 0.6) is 11.5 Å². The second kappa shape index (κ2) is 37.4. The molecule has 0 spiro atoms. The van der Waals surface area contributed by atoms with Crippen LogP contribution < -0.4 is 0 Å². The largest absolute Gasteiger partial charge is 0.507 e. The van der Waals surface area contributed by atoms with Gasteiger partial charge in [0.25, 0.3) is 0 Å². The van der Waals surface area contributed by atoms with Crippen LogP contribution in [-0.2, 0) is 48.1 Å². The van der Waals surface area contributed by atoms with Crippen LogP contribution in [0.2, 0.25) is 0 Å². The van der Waals surface area contributed by atoms with E-state index in [1.807, 2.05) is 0 Å². The number of hydrogen-bond acceptors (Lipinski definition) is 4. The molecule has 0 fully saturated rings. The molecule has 0 aliphatic carbocycles. The van der Waals surface area contributed by atoms with Gasteiger partial charge in [-0.15, -0.1) is 0 Å². The Balaban J connectivity index is 2.76. The lowest BCUT2D eigenvalue weighted by atomic mass is 9.67. The first kappa shape index (κ1) is 58.5. The van der Waals surface area contributed by atoms with Crippen LogP contribution in [0, 0.1) is 5.41 Å². The van der Waals surface area contributed by atoms with Crippen LogP contribution >= 0.6 is 0 Å². The van der Waals surface area contributed by atoms with Crippen molar-refractivity contribution in [2.75, 3.05) is 0 Å². The minimum Gasteiger partial charge on any atom is -0.507 e. The van der Waals surface area contributed by atoms with Gasteiger partial charge in [-0.3, -0.25) is 9.59 Å². The van der Waals surface area contributed by atoms with Crippen molar-refractivity contribution in [2.45, 2.75) is 298 Å². The normalized spacial score (nSPS) is 11.8. The molecule has 0 aliphatic heterocycles. The molecule has 0 radical (unpaired) electrons. The van der Waals surface area contributed by atoms with Crippen molar-refractivity contribution in [3.05, 3.63) is 57.6 Å². The van der Waals surface area contributed by atoms with E-state index in [0.717, 1.165) is 162 Å². The van der Waals surface area contributed by atoms with E-state index in [2.05, 4.69) is 65.8 Å². The summed E-state index contributed by atoms with van der Waals surface area (Å²) in [6.07, 6.45) is 41.5. The molecule has 2 N–H and O–H groups in total. The summed E-state index contributed by atoms with van der Waals surface area (Å²) >= 11 is 0. The van der Waals surface area contributed by atoms with E-state index in [4.69, 9.17) is 0 Å². The van der Waals surface area contributed by atoms with E-state index in [-0.39, 0.29) is 11.6 Å². The van der Waals surface area contributed by atoms with Crippen LogP contribution in [0.3, 0.4) is 0 Å². The first-order valence-electron chi connectivity index (χ1n) is 28.4. The predicted octanol–water partition coefficient (Wildman–Crippen LogP) is 18.6. The van der Waals surface area contributed by atoms with Crippen LogP contribution in [0.1, 0.15) is 293 Å². The zero-order chi connectivity index (χ0) is 47.4. The van der Waals surface area contributed by atoms with Gasteiger partial charge < -0.3 is 10.2 Å². The molecule has 0 heterocycles. The molecule has 0 saturated carbocycles. The molecule has 0 aromatic heterocycles. The SMILES string of the molecule is CCCCCCCCc1cc(CC(Cc2cc(CCCCCCCC)c(O)c(CCCCCCCC)c2)(C(=O)CCCCCC)C(=O)CCCCCC)cc(CCCCCCCC)c1O. The third-order valence-electron chi connectivity index (χ3n) is 14.4. The molecule has 0 amide bonds. The van der Waals surface area contributed by atoms with Gasteiger partial charge in [-0.05, 0) is 110 Å². The van der Waals surface area contributed by atoms with Gasteiger partial charge in [-0.2, -0.15) is 0 Å². The van der Waals surface area contributed by atoms with Crippen LogP contribution in [0.25, 0.3) is 0 Å². The lowest BCUT2D eigenvalue weighted by Crippen LogP contribution is -2.43. The lowest BCUT2D eigenvalue weighted by molar-refractivity contribution is -0.141. The van der Waals surface area contributed by atoms with Crippen molar-refractivity contribution in [1.82, 2.24) is 0 Å². The van der Waals surface area contributed by atoms with Crippen molar-refractivity contribution >= 4 is 11.6 Å². The summed E-state index contributed by atoms with van der Waals surface area (Å²) in [5.74, 6) is 1.08. The number of aryl methyl sites for hydroxylation is 4. The second-order valence-corrected chi connectivity index (χ2v) is 20.5. The summed E-state index contributed by atoms with van der Waals surface area (Å²) in [7, 11) is 0. The van der Waals surface area contributed by atoms with Crippen molar-refractivity contribution in [3.8, 4) is 11.5 Å². The highest BCUT2D eigenvalue weighted by atomic mass is 16.3. The Hall–Kier alpha value is -2.62. The molecule has 2 aromatic carbocycles. The number of hydrogen-bond donors (Lipinski definition) is 2. The number of phenols is 2. The maximum atomic E-state index is 15.3. The Labute approximate surface area is 402 Å². The first-order chi connectivity index (χ1) is 31.7. The molecule has 0 saturated heterocycles. The van der Waals surface area contributed by atoms with Gasteiger partial charge in [0.15, 0.2) is 0 Å². The summed E-state index contributed by atoms with van der Waals surface area (Å²) in [6.45, 7) is 13.4. The number of Topliss-reactive ketones (excluding diaryl/α,β-unsaturated/α-hetero) is 2. The Bertz CT molecular complexity index is 1330. The highest BCUT2D eigenvalue weighted by Crippen LogP contribution is 2.39. The second-order valence-electron chi connectivity index (χ2n) is 20.5. The van der Waals surface area contributed by atoms with Gasteiger partial charge in [-0.25, -0.2) is 0 Å². The third kappa shape index (κ3) is 23.8. The predicted molar refractivity (Wildman–Crippen MR) is 282 cm³/mol. The molecule has 4 nitrogen and oxygen atoms in total. The number of phenolic OH excluding ortho intramolecular Hbond substituents is 2. The molecule has 372 valence electrons. The van der Waals surface area contributed by atoms with Gasteiger partial charge >= 0.3 is 0 Å². The van der Waals surface area contributed by atoms with E-state index in [0.29, 0.717) is 37.2 Å². The molecule has 0 unspecified atom stereocenters. The zero-order valence-electron chi connectivity index (χ0n) is 43.8. The topological polar surface area (TPSA) is 74.6 Å². The average Bonchev–Trinajstić information content (AvgIpc) is 3.30. The summed E-state index contributed by atoms with van der Waals surface area (Å²) in [5.41, 5.74) is 4.84. The Morgan fingerprint density at radius 2 is 0.554 bits per heavy atom. The quantitative estimate of drug-likeness (QED) is 0.0513. The number of carbonyl (C=O) groups is 2. The fourth-order valence-electron chi connectivity index (χ4n) is 10.2. The maximum absolute atomic E-state index is 15.3. The highest BCUT2D eigenvalue weighted by molar-refractivity contribution is 6.07. The molecule has 4 heteroatoms. The molecular weight excluding hydrogens is 797 g/mol. The zero-order valence-corrected chi connectivity index (χ0v) is 43.8. The van der Waals surface area contributed by atoms with E-state index in [1.54, 1.807) is 0 Å². The minimum absolute atomic E-state index is 0.0974. The van der Waals surface area contributed by atoms with Gasteiger partial charge in [0.2, 0.25) is 0 Å². The van der Waals surface area contributed by atoms with E-state index < -0.39 is 5.41 Å². The summed E-state index contributed by atoms with van der Waals surface area (Å²) in [5, 5.41) is 23.7. The third-order valence-corrected chi connectivity index (χ3v) is 14.4. The number of unbranched alkanes of at least 4 members (excludes halogenated alkanes) is 26. The van der Waals surface area contributed by atoms with Crippen LogP contribution in [0.4, 0.5) is 0 Å². The number of carbonyl (C=O) groups excluding carboxylic acids is 2. The average molecular weight is 901 g/mol. The number of ketones is 2. The molecule has 0 aliphatic rings. The summed E-state index contributed by atoms with van der Waals surface area (Å²) < 4.78 is 0. The monoisotopic (exact) mass is 901 g/mol. The van der Waals surface area contributed by atoms with E-state index in [1.165, 1.54) is 103 Å². The molecule has 0 bridgehead atoms. The van der Waals surface area contributed by atoms with Gasteiger partial charge in [0.1, 0.15) is 23.1 Å². The van der Waals surface area contributed by atoms with Crippen molar-refractivity contribution in [1.29, 1.82) is 0 Å². The first-order valence-corrected chi connectivity index (χ1v) is 28.4. The Morgan fingerprint density at radius 1 is 0.338 bits per heavy atom. The fraction of sp³-hybridized carbons (Fsp3) is 0.770. The van der Waals surface area contributed by atoms with Crippen LogP contribution in [0.15, 0.2) is 24.3 Å². The molecule has 2 aromatic rings. The smallest absolute Gasteiger partial charge is 0.147 e. The minimum atomic E-state index is -1.20. The lowest BCUT2D eigenvalue weighted by Gasteiger charge is -2.33. The molecule has 0 atom stereocenters. The summed E-state index contributed by atoms with van der Waals surface area (Å²) in [6, 6.07) is 8.72. The van der Waals surface area contributed by atoms with Crippen LogP contribution in [-0.4, -0.2) is 21.8 Å². The van der Waals surface area contributed by atoms with Crippen molar-refractivity contribution < 1.29 is 19.8 Å². The molecule has 65 heavy (non-hydrogen) atoms. The van der Waals surface area contributed by atoms with Gasteiger partial charge in [-0.1, -0.05) is 233 Å². The Morgan fingerprint density at radius 3 is 0.800 bits per heavy atom. The number of benzene rings is 2. The van der Waals surface area contributed by atoms with Gasteiger partial charge in [0.05, 0.1) is 5.41 Å². The summed E-state index contributed by atoms with van der Waals surface area (Å²) in [4.78, 5) is 30.6. The van der Waals surface area contributed by atoms with E-state index in [9.17, 15) is 10.2 Å². The molecule has 2 rings (SSSR count). The fourth-order valence-corrected chi connectivity index (χ4v) is 10.2. The van der Waals surface area contributed by atoms with Crippen molar-refractivity contribution in [2.24, 2.45) is 5.41 Å². The highest BCUT2D eigenvalue weighted by Gasteiger charge is 2.44. The standard InChI is InChI=1S/C61H104O4/c1-7-13-19-25-29-33-39-53-45-51(46-54(59(53)64)40-34-30-26-20-14-8-2)49-61(57(62)43-37-23-17-11-5,58(63)44-38-24-18-12-6)50-52-47-55(41-35-31-27-21-15-9-3)60(65)56(48-52)42-36-32-28-22-16-10-4/h45-48,64-65H,7-44,49-50H2,1-6H3.